The van der Waals surface area contributed by atoms with Gasteiger partial charge < -0.3 is 14.8 Å². The van der Waals surface area contributed by atoms with Crippen LogP contribution >= 0.6 is 15.9 Å². The Hall–Kier alpha value is -0.580. The highest BCUT2D eigenvalue weighted by molar-refractivity contribution is 9.10. The van der Waals surface area contributed by atoms with Gasteiger partial charge in [0, 0.05) is 17.6 Å². The number of nitrogens with one attached hydrogen (secondary N) is 1. The molecule has 1 aliphatic rings. The van der Waals surface area contributed by atoms with Gasteiger partial charge in [0.1, 0.15) is 12.4 Å². The fourth-order valence-electron chi connectivity index (χ4n) is 2.25. The third-order valence-electron chi connectivity index (χ3n) is 3.30. The predicted octanol–water partition coefficient (Wildman–Crippen LogP) is 3.38. The van der Waals surface area contributed by atoms with Gasteiger partial charge in [-0.05, 0) is 37.1 Å². The van der Waals surface area contributed by atoms with Crippen molar-refractivity contribution in [2.75, 3.05) is 26.3 Å². The number of ether oxygens (including phenoxy) is 2. The van der Waals surface area contributed by atoms with Gasteiger partial charge in [-0.25, -0.2) is 0 Å². The Kier molecular flexibility index (Phi) is 6.68. The molecule has 2 rings (SSSR count). The van der Waals surface area contributed by atoms with Gasteiger partial charge in [-0.2, -0.15) is 0 Å². The van der Waals surface area contributed by atoms with E-state index in [1.165, 1.54) is 25.7 Å². The number of benzene rings is 1. The summed E-state index contributed by atoms with van der Waals surface area (Å²) in [5.74, 6) is 0.909. The van der Waals surface area contributed by atoms with Crippen molar-refractivity contribution in [3.63, 3.8) is 0 Å². The lowest BCUT2D eigenvalue weighted by molar-refractivity contribution is 0.0601. The molecule has 0 atom stereocenters. The molecule has 0 radical (unpaired) electrons. The van der Waals surface area contributed by atoms with E-state index in [2.05, 4.69) is 21.2 Å². The van der Waals surface area contributed by atoms with E-state index in [1.54, 1.807) is 0 Å². The van der Waals surface area contributed by atoms with Crippen LogP contribution in [0.3, 0.4) is 0 Å². The molecule has 0 unspecified atom stereocenters. The van der Waals surface area contributed by atoms with Crippen molar-refractivity contribution in [1.82, 2.24) is 5.32 Å². The van der Waals surface area contributed by atoms with Gasteiger partial charge in [-0.15, -0.1) is 0 Å². The van der Waals surface area contributed by atoms with Crippen LogP contribution in [-0.2, 0) is 4.74 Å². The first kappa shape index (κ1) is 14.8. The highest BCUT2D eigenvalue weighted by Gasteiger charge is 2.14. The molecule has 1 aliphatic carbocycles. The largest absolute Gasteiger partial charge is 0.492 e. The normalized spacial score (nSPS) is 15.8. The molecule has 0 spiro atoms. The van der Waals surface area contributed by atoms with E-state index < -0.39 is 0 Å². The van der Waals surface area contributed by atoms with E-state index in [9.17, 15) is 0 Å². The van der Waals surface area contributed by atoms with Crippen molar-refractivity contribution in [3.8, 4) is 5.75 Å². The Morgan fingerprint density at radius 1 is 1.05 bits per heavy atom. The summed E-state index contributed by atoms with van der Waals surface area (Å²) in [6.45, 7) is 3.25. The Morgan fingerprint density at radius 3 is 2.47 bits per heavy atom. The lowest BCUT2D eigenvalue weighted by atomic mass is 10.3. The van der Waals surface area contributed by atoms with Crippen molar-refractivity contribution in [2.24, 2.45) is 0 Å². The molecular weight excluding hydrogens is 306 g/mol. The van der Waals surface area contributed by atoms with Crippen LogP contribution in [0.4, 0.5) is 0 Å². The summed E-state index contributed by atoms with van der Waals surface area (Å²) in [6, 6.07) is 7.90. The highest BCUT2D eigenvalue weighted by atomic mass is 79.9. The average Bonchev–Trinajstić information content (AvgIpc) is 2.93. The monoisotopic (exact) mass is 327 g/mol. The molecule has 1 N–H and O–H groups in total. The molecule has 0 amide bonds. The molecule has 0 saturated heterocycles. The van der Waals surface area contributed by atoms with Crippen LogP contribution in [0.2, 0.25) is 0 Å². The third kappa shape index (κ3) is 5.93. The SMILES string of the molecule is Brc1ccc(OCCNCCOC2CCCC2)cc1. The number of hydrogen-bond acceptors (Lipinski definition) is 3. The van der Waals surface area contributed by atoms with E-state index in [4.69, 9.17) is 9.47 Å². The van der Waals surface area contributed by atoms with Crippen LogP contribution < -0.4 is 10.1 Å². The second-order valence-corrected chi connectivity index (χ2v) is 5.75. The van der Waals surface area contributed by atoms with Gasteiger partial charge in [0.25, 0.3) is 0 Å². The van der Waals surface area contributed by atoms with Crippen LogP contribution in [-0.4, -0.2) is 32.4 Å². The third-order valence-corrected chi connectivity index (χ3v) is 3.82. The van der Waals surface area contributed by atoms with E-state index >= 15 is 0 Å². The average molecular weight is 328 g/mol. The molecule has 0 aromatic heterocycles. The molecule has 106 valence electrons. The van der Waals surface area contributed by atoms with Crippen molar-refractivity contribution in [3.05, 3.63) is 28.7 Å². The summed E-state index contributed by atoms with van der Waals surface area (Å²) in [5, 5.41) is 3.33. The summed E-state index contributed by atoms with van der Waals surface area (Å²) >= 11 is 3.40. The van der Waals surface area contributed by atoms with Crippen LogP contribution in [0.1, 0.15) is 25.7 Å². The first-order chi connectivity index (χ1) is 9.34. The maximum absolute atomic E-state index is 5.77. The first-order valence-electron chi connectivity index (χ1n) is 7.05. The molecule has 1 fully saturated rings. The molecule has 1 aromatic carbocycles. The van der Waals surface area contributed by atoms with E-state index in [-0.39, 0.29) is 0 Å². The van der Waals surface area contributed by atoms with Crippen LogP contribution in [0, 0.1) is 0 Å². The summed E-state index contributed by atoms with van der Waals surface area (Å²) < 4.78 is 12.5. The molecule has 19 heavy (non-hydrogen) atoms. The van der Waals surface area contributed by atoms with E-state index in [0.29, 0.717) is 12.7 Å². The molecule has 1 aromatic rings. The quantitative estimate of drug-likeness (QED) is 0.742. The van der Waals surface area contributed by atoms with Gasteiger partial charge in [0.15, 0.2) is 0 Å². The van der Waals surface area contributed by atoms with Gasteiger partial charge in [-0.1, -0.05) is 28.8 Å². The fraction of sp³-hybridized carbons (Fsp3) is 0.600. The predicted molar refractivity (Wildman–Crippen MR) is 80.7 cm³/mol. The minimum atomic E-state index is 0.515. The Morgan fingerprint density at radius 2 is 1.74 bits per heavy atom. The van der Waals surface area contributed by atoms with E-state index in [0.717, 1.165) is 29.9 Å². The summed E-state index contributed by atoms with van der Waals surface area (Å²) in [7, 11) is 0. The molecule has 1 saturated carbocycles. The number of rotatable bonds is 8. The van der Waals surface area contributed by atoms with Gasteiger partial charge in [0.05, 0.1) is 12.7 Å². The highest BCUT2D eigenvalue weighted by Crippen LogP contribution is 2.20. The lowest BCUT2D eigenvalue weighted by Crippen LogP contribution is -2.26. The maximum Gasteiger partial charge on any atom is 0.119 e. The minimum Gasteiger partial charge on any atom is -0.492 e. The zero-order chi connectivity index (χ0) is 13.3. The summed E-state index contributed by atoms with van der Waals surface area (Å²) in [4.78, 5) is 0. The number of hydrogen-bond donors (Lipinski definition) is 1. The van der Waals surface area contributed by atoms with Crippen LogP contribution in [0.15, 0.2) is 28.7 Å². The lowest BCUT2D eigenvalue weighted by Gasteiger charge is -2.11. The minimum absolute atomic E-state index is 0.515. The van der Waals surface area contributed by atoms with Crippen molar-refractivity contribution < 1.29 is 9.47 Å². The second kappa shape index (κ2) is 8.56. The fourth-order valence-corrected chi connectivity index (χ4v) is 2.51. The maximum atomic E-state index is 5.77. The molecule has 3 nitrogen and oxygen atoms in total. The van der Waals surface area contributed by atoms with E-state index in [1.807, 2.05) is 24.3 Å². The molecule has 0 aliphatic heterocycles. The molecule has 0 heterocycles. The van der Waals surface area contributed by atoms with Crippen LogP contribution in [0.5, 0.6) is 5.75 Å². The van der Waals surface area contributed by atoms with Crippen molar-refractivity contribution in [2.45, 2.75) is 31.8 Å². The summed E-state index contributed by atoms with van der Waals surface area (Å²) in [5.41, 5.74) is 0. The molecule has 0 bridgehead atoms. The smallest absolute Gasteiger partial charge is 0.119 e. The van der Waals surface area contributed by atoms with Gasteiger partial charge >= 0.3 is 0 Å². The molecular formula is C15H22BrNO2. The Balaban J connectivity index is 1.44. The topological polar surface area (TPSA) is 30.5 Å². The molecule has 4 heteroatoms. The van der Waals surface area contributed by atoms with Crippen LogP contribution in [0.25, 0.3) is 0 Å². The standard InChI is InChI=1S/C15H22BrNO2/c16-13-5-7-15(8-6-13)19-12-10-17-9-11-18-14-3-1-2-4-14/h5-8,14,17H,1-4,9-12H2. The number of halogens is 1. The Labute approximate surface area is 123 Å². The zero-order valence-electron chi connectivity index (χ0n) is 11.2. The first-order valence-corrected chi connectivity index (χ1v) is 7.84. The second-order valence-electron chi connectivity index (χ2n) is 4.83. The Bertz CT molecular complexity index is 350. The van der Waals surface area contributed by atoms with Crippen molar-refractivity contribution in [1.29, 1.82) is 0 Å². The van der Waals surface area contributed by atoms with Gasteiger partial charge in [-0.3, -0.25) is 0 Å². The van der Waals surface area contributed by atoms with Gasteiger partial charge in [0.2, 0.25) is 0 Å². The summed E-state index contributed by atoms with van der Waals surface area (Å²) in [6.07, 6.45) is 5.67. The van der Waals surface area contributed by atoms with Crippen molar-refractivity contribution >= 4 is 15.9 Å². The zero-order valence-corrected chi connectivity index (χ0v) is 12.8.